The zero-order valence-corrected chi connectivity index (χ0v) is 16.3. The summed E-state index contributed by atoms with van der Waals surface area (Å²) in [4.78, 5) is 26.6. The second-order valence-electron chi connectivity index (χ2n) is 7.91. The molecule has 0 aromatic heterocycles. The minimum Gasteiger partial charge on any atom is -0.497 e. The first-order valence-corrected chi connectivity index (χ1v) is 9.14. The van der Waals surface area contributed by atoms with E-state index in [0.29, 0.717) is 24.3 Å². The standard InChI is InChI=1S/C22H26N2O3/c1-22(2,3)16-10-8-15(9-11-16)21(26)23-17-12-20(25)24(14-17)18-6-5-7-19(13-18)27-4/h5-11,13,17H,12,14H2,1-4H3,(H,23,26)/t17-/m1/s1. The van der Waals surface area contributed by atoms with Gasteiger partial charge in [0.05, 0.1) is 13.2 Å². The molecule has 0 spiro atoms. The quantitative estimate of drug-likeness (QED) is 0.901. The summed E-state index contributed by atoms with van der Waals surface area (Å²) in [5, 5.41) is 2.98. The third-order valence-electron chi connectivity index (χ3n) is 4.84. The van der Waals surface area contributed by atoms with E-state index in [0.717, 1.165) is 5.69 Å². The summed E-state index contributed by atoms with van der Waals surface area (Å²) in [6.45, 7) is 6.87. The first-order chi connectivity index (χ1) is 12.8. The zero-order chi connectivity index (χ0) is 19.6. The van der Waals surface area contributed by atoms with Crippen molar-refractivity contribution in [1.29, 1.82) is 0 Å². The molecule has 1 atom stereocenters. The molecule has 1 fully saturated rings. The second kappa shape index (κ2) is 7.43. The van der Waals surface area contributed by atoms with Gasteiger partial charge in [-0.1, -0.05) is 39.0 Å². The molecule has 1 aliphatic rings. The van der Waals surface area contributed by atoms with Crippen molar-refractivity contribution >= 4 is 17.5 Å². The molecule has 0 bridgehead atoms. The van der Waals surface area contributed by atoms with E-state index in [2.05, 4.69) is 26.1 Å². The molecule has 0 saturated carbocycles. The molecule has 1 N–H and O–H groups in total. The normalized spacial score (nSPS) is 17.1. The number of carbonyl (C=O) groups is 2. The summed E-state index contributed by atoms with van der Waals surface area (Å²) in [6.07, 6.45) is 0.295. The maximum absolute atomic E-state index is 12.6. The van der Waals surface area contributed by atoms with Crippen LogP contribution in [-0.4, -0.2) is 31.5 Å². The molecule has 2 aromatic carbocycles. The van der Waals surface area contributed by atoms with Crippen LogP contribution in [0.15, 0.2) is 48.5 Å². The highest BCUT2D eigenvalue weighted by Crippen LogP contribution is 2.26. The van der Waals surface area contributed by atoms with Crippen molar-refractivity contribution in [3.63, 3.8) is 0 Å². The molecule has 0 aliphatic carbocycles. The van der Waals surface area contributed by atoms with E-state index in [-0.39, 0.29) is 23.3 Å². The molecule has 2 amide bonds. The Kier molecular flexibility index (Phi) is 5.22. The Hall–Kier alpha value is -2.82. The molecular weight excluding hydrogens is 340 g/mol. The van der Waals surface area contributed by atoms with Crippen molar-refractivity contribution < 1.29 is 14.3 Å². The minimum atomic E-state index is -0.210. The maximum atomic E-state index is 12.6. The van der Waals surface area contributed by atoms with E-state index in [1.165, 1.54) is 5.56 Å². The summed E-state index contributed by atoms with van der Waals surface area (Å²) in [7, 11) is 1.60. The zero-order valence-electron chi connectivity index (χ0n) is 16.3. The molecular formula is C22H26N2O3. The summed E-state index contributed by atoms with van der Waals surface area (Å²) in [5.74, 6) is 0.545. The van der Waals surface area contributed by atoms with Gasteiger partial charge in [0.2, 0.25) is 5.91 Å². The number of methoxy groups -OCH3 is 1. The van der Waals surface area contributed by atoms with Crippen LogP contribution in [0.3, 0.4) is 0 Å². The van der Waals surface area contributed by atoms with Crippen molar-refractivity contribution in [2.45, 2.75) is 38.6 Å². The van der Waals surface area contributed by atoms with Crippen molar-refractivity contribution in [3.05, 3.63) is 59.7 Å². The summed E-state index contributed by atoms with van der Waals surface area (Å²) in [5.41, 5.74) is 2.62. The Morgan fingerprint density at radius 1 is 1.15 bits per heavy atom. The average molecular weight is 366 g/mol. The van der Waals surface area contributed by atoms with Gasteiger partial charge in [-0.3, -0.25) is 9.59 Å². The number of nitrogens with one attached hydrogen (secondary N) is 1. The van der Waals surface area contributed by atoms with Crippen LogP contribution in [0.2, 0.25) is 0 Å². The lowest BCUT2D eigenvalue weighted by atomic mass is 9.86. The average Bonchev–Trinajstić information content (AvgIpc) is 3.01. The Bertz CT molecular complexity index is 837. The highest BCUT2D eigenvalue weighted by Gasteiger charge is 2.32. The van der Waals surface area contributed by atoms with Gasteiger partial charge in [0.1, 0.15) is 5.75 Å². The largest absolute Gasteiger partial charge is 0.497 e. The fourth-order valence-electron chi connectivity index (χ4n) is 3.22. The topological polar surface area (TPSA) is 58.6 Å². The molecule has 1 aliphatic heterocycles. The van der Waals surface area contributed by atoms with E-state index in [1.807, 2.05) is 48.5 Å². The maximum Gasteiger partial charge on any atom is 0.251 e. The molecule has 3 rings (SSSR count). The van der Waals surface area contributed by atoms with Gasteiger partial charge in [-0.2, -0.15) is 0 Å². The highest BCUT2D eigenvalue weighted by atomic mass is 16.5. The first-order valence-electron chi connectivity index (χ1n) is 9.14. The van der Waals surface area contributed by atoms with Crippen molar-refractivity contribution in [3.8, 4) is 5.75 Å². The SMILES string of the molecule is COc1cccc(N2C[C@H](NC(=O)c3ccc(C(C)(C)C)cc3)CC2=O)c1. The van der Waals surface area contributed by atoms with Crippen molar-refractivity contribution in [2.75, 3.05) is 18.6 Å². The number of hydrogen-bond donors (Lipinski definition) is 1. The van der Waals surface area contributed by atoms with E-state index in [4.69, 9.17) is 4.74 Å². The number of nitrogens with zero attached hydrogens (tertiary/aromatic N) is 1. The third kappa shape index (κ3) is 4.30. The summed E-state index contributed by atoms with van der Waals surface area (Å²) >= 11 is 0. The van der Waals surface area contributed by atoms with Crippen molar-refractivity contribution in [1.82, 2.24) is 5.32 Å². The van der Waals surface area contributed by atoms with Crippen LogP contribution in [0.25, 0.3) is 0 Å². The van der Waals surface area contributed by atoms with E-state index in [9.17, 15) is 9.59 Å². The lowest BCUT2D eigenvalue weighted by molar-refractivity contribution is -0.117. The van der Waals surface area contributed by atoms with Gasteiger partial charge in [-0.25, -0.2) is 0 Å². The lowest BCUT2D eigenvalue weighted by Crippen LogP contribution is -2.37. The first kappa shape index (κ1) is 19.0. The van der Waals surface area contributed by atoms with Gasteiger partial charge < -0.3 is 15.0 Å². The van der Waals surface area contributed by atoms with Crippen LogP contribution in [0.4, 0.5) is 5.69 Å². The smallest absolute Gasteiger partial charge is 0.251 e. The number of amides is 2. The van der Waals surface area contributed by atoms with Crippen LogP contribution in [0, 0.1) is 0 Å². The van der Waals surface area contributed by atoms with Gasteiger partial charge in [-0.05, 0) is 35.2 Å². The number of hydrogen-bond acceptors (Lipinski definition) is 3. The molecule has 142 valence electrons. The number of benzene rings is 2. The predicted octanol–water partition coefficient (Wildman–Crippen LogP) is 3.53. The Morgan fingerprint density at radius 3 is 2.48 bits per heavy atom. The number of rotatable bonds is 4. The summed E-state index contributed by atoms with van der Waals surface area (Å²) in [6, 6.07) is 14.8. The van der Waals surface area contributed by atoms with Crippen LogP contribution < -0.4 is 15.0 Å². The molecule has 0 unspecified atom stereocenters. The van der Waals surface area contributed by atoms with Crippen LogP contribution in [-0.2, 0) is 10.2 Å². The molecule has 5 heteroatoms. The monoisotopic (exact) mass is 366 g/mol. The van der Waals surface area contributed by atoms with E-state index in [1.54, 1.807) is 12.0 Å². The van der Waals surface area contributed by atoms with Gasteiger partial charge in [0, 0.05) is 30.3 Å². The Morgan fingerprint density at radius 2 is 1.85 bits per heavy atom. The lowest BCUT2D eigenvalue weighted by Gasteiger charge is -2.19. The Balaban J connectivity index is 1.66. The van der Waals surface area contributed by atoms with Gasteiger partial charge in [0.25, 0.3) is 5.91 Å². The molecule has 2 aromatic rings. The van der Waals surface area contributed by atoms with Crippen LogP contribution in [0.1, 0.15) is 43.1 Å². The van der Waals surface area contributed by atoms with Crippen LogP contribution >= 0.6 is 0 Å². The van der Waals surface area contributed by atoms with E-state index < -0.39 is 0 Å². The van der Waals surface area contributed by atoms with Crippen molar-refractivity contribution in [2.24, 2.45) is 0 Å². The number of carbonyl (C=O) groups excluding carboxylic acids is 2. The van der Waals surface area contributed by atoms with Gasteiger partial charge in [0.15, 0.2) is 0 Å². The fraction of sp³-hybridized carbons (Fsp3) is 0.364. The molecule has 1 saturated heterocycles. The van der Waals surface area contributed by atoms with Crippen LogP contribution in [0.5, 0.6) is 5.75 Å². The number of ether oxygens (including phenoxy) is 1. The third-order valence-corrected chi connectivity index (χ3v) is 4.84. The second-order valence-corrected chi connectivity index (χ2v) is 7.91. The van der Waals surface area contributed by atoms with Gasteiger partial charge >= 0.3 is 0 Å². The van der Waals surface area contributed by atoms with Gasteiger partial charge in [-0.15, -0.1) is 0 Å². The fourth-order valence-corrected chi connectivity index (χ4v) is 3.22. The molecule has 0 radical (unpaired) electrons. The molecule has 1 heterocycles. The predicted molar refractivity (Wildman–Crippen MR) is 106 cm³/mol. The highest BCUT2D eigenvalue weighted by molar-refractivity contribution is 5.99. The molecule has 5 nitrogen and oxygen atoms in total. The minimum absolute atomic E-state index is 0.00312. The van der Waals surface area contributed by atoms with E-state index >= 15 is 0 Å². The molecule has 27 heavy (non-hydrogen) atoms. The summed E-state index contributed by atoms with van der Waals surface area (Å²) < 4.78 is 5.22. The Labute approximate surface area is 160 Å². The number of anilines is 1.